The molecule has 0 aliphatic rings. The minimum absolute atomic E-state index is 0.0689. The van der Waals surface area contributed by atoms with E-state index in [4.69, 9.17) is 4.52 Å². The fourth-order valence-electron chi connectivity index (χ4n) is 2.06. The molecule has 1 N–H and O–H groups in total. The number of amides is 1. The number of carbonyl (C=O) groups excluding carboxylic acids is 1. The molecule has 0 fully saturated rings. The molecule has 2 rings (SSSR count). The quantitative estimate of drug-likeness (QED) is 0.790. The van der Waals surface area contributed by atoms with Crippen LogP contribution in [-0.4, -0.2) is 22.1 Å². The molecule has 5 nitrogen and oxygen atoms in total. The molecule has 0 atom stereocenters. The van der Waals surface area contributed by atoms with Gasteiger partial charge in [-0.1, -0.05) is 30.8 Å². The van der Waals surface area contributed by atoms with E-state index in [0.717, 1.165) is 24.3 Å². The summed E-state index contributed by atoms with van der Waals surface area (Å²) in [5, 5.41) is 7.72. The van der Waals surface area contributed by atoms with E-state index in [9.17, 15) is 4.79 Å². The van der Waals surface area contributed by atoms with E-state index in [-0.39, 0.29) is 11.9 Å². The van der Waals surface area contributed by atoms with Crippen LogP contribution >= 0.6 is 11.8 Å². The van der Waals surface area contributed by atoms with Crippen LogP contribution in [-0.2, 0) is 5.75 Å². The van der Waals surface area contributed by atoms with Gasteiger partial charge in [-0.15, -0.1) is 0 Å². The lowest BCUT2D eigenvalue weighted by atomic mass is 10.1. The Morgan fingerprint density at radius 1 is 1.41 bits per heavy atom. The summed E-state index contributed by atoms with van der Waals surface area (Å²) in [5.41, 5.74) is 1.46. The van der Waals surface area contributed by atoms with Gasteiger partial charge in [-0.2, -0.15) is 0 Å². The highest BCUT2D eigenvalue weighted by Crippen LogP contribution is 2.24. The van der Waals surface area contributed by atoms with Gasteiger partial charge < -0.3 is 9.84 Å². The largest absolute Gasteiger partial charge is 0.361 e. The van der Waals surface area contributed by atoms with Crippen molar-refractivity contribution in [3.63, 3.8) is 0 Å². The lowest BCUT2D eigenvalue weighted by Crippen LogP contribution is -2.34. The number of rotatable bonds is 7. The average Bonchev–Trinajstić information content (AvgIpc) is 2.96. The summed E-state index contributed by atoms with van der Waals surface area (Å²) in [6, 6.07) is 5.68. The first kappa shape index (κ1) is 16.5. The fourth-order valence-corrected chi connectivity index (χ4v) is 2.94. The van der Waals surface area contributed by atoms with E-state index in [0.29, 0.717) is 16.3 Å². The van der Waals surface area contributed by atoms with Crippen molar-refractivity contribution in [1.29, 1.82) is 0 Å². The zero-order valence-electron chi connectivity index (χ0n) is 13.1. The number of pyridine rings is 1. The zero-order valence-corrected chi connectivity index (χ0v) is 13.9. The Kier molecular flexibility index (Phi) is 6.00. The smallest absolute Gasteiger partial charge is 0.254 e. The molecule has 118 valence electrons. The molecule has 0 saturated heterocycles. The molecule has 2 aromatic rings. The number of thioether (sulfide) groups is 1. The molecule has 0 aromatic carbocycles. The molecule has 0 saturated carbocycles. The molecule has 0 aliphatic heterocycles. The SMILES string of the molecule is CCC(CC)NC(=O)c1cccnc1SCc1cc(C)on1. The Labute approximate surface area is 134 Å². The molecule has 0 spiro atoms. The standard InChI is InChI=1S/C16H21N3O2S/c1-4-12(5-2)18-15(20)14-7-6-8-17-16(14)22-10-13-9-11(3)21-19-13/h6-9,12H,4-5,10H2,1-3H3,(H,18,20). The summed E-state index contributed by atoms with van der Waals surface area (Å²) in [5.74, 6) is 1.34. The molecule has 0 radical (unpaired) electrons. The Bertz CT molecular complexity index is 623. The number of hydrogen-bond donors (Lipinski definition) is 1. The maximum atomic E-state index is 12.4. The predicted octanol–water partition coefficient (Wildman–Crippen LogP) is 3.59. The third-order valence-electron chi connectivity index (χ3n) is 3.37. The Balaban J connectivity index is 2.07. The van der Waals surface area contributed by atoms with Gasteiger partial charge in [-0.25, -0.2) is 4.98 Å². The topological polar surface area (TPSA) is 68.0 Å². The van der Waals surface area contributed by atoms with E-state index in [1.807, 2.05) is 13.0 Å². The summed E-state index contributed by atoms with van der Waals surface area (Å²) in [7, 11) is 0. The third-order valence-corrected chi connectivity index (χ3v) is 4.41. The molecular weight excluding hydrogens is 298 g/mol. The Hall–Kier alpha value is -1.82. The summed E-state index contributed by atoms with van der Waals surface area (Å²) in [6.45, 7) is 6.00. The molecular formula is C16H21N3O2S. The lowest BCUT2D eigenvalue weighted by Gasteiger charge is -2.15. The van der Waals surface area contributed by atoms with E-state index < -0.39 is 0 Å². The minimum atomic E-state index is -0.0689. The van der Waals surface area contributed by atoms with Gasteiger partial charge in [0.2, 0.25) is 0 Å². The van der Waals surface area contributed by atoms with Crippen LogP contribution < -0.4 is 5.32 Å². The van der Waals surface area contributed by atoms with E-state index in [2.05, 4.69) is 29.3 Å². The third kappa shape index (κ3) is 4.34. The Morgan fingerprint density at radius 3 is 2.82 bits per heavy atom. The molecule has 6 heteroatoms. The van der Waals surface area contributed by atoms with Crippen LogP contribution in [0.25, 0.3) is 0 Å². The number of carbonyl (C=O) groups is 1. The summed E-state index contributed by atoms with van der Waals surface area (Å²) in [4.78, 5) is 16.7. The van der Waals surface area contributed by atoms with Crippen molar-refractivity contribution in [1.82, 2.24) is 15.5 Å². The summed E-state index contributed by atoms with van der Waals surface area (Å²) >= 11 is 1.49. The van der Waals surface area contributed by atoms with Gasteiger partial charge in [0.25, 0.3) is 5.91 Å². The van der Waals surface area contributed by atoms with Crippen molar-refractivity contribution in [2.75, 3.05) is 0 Å². The van der Waals surface area contributed by atoms with Crippen LogP contribution in [0.5, 0.6) is 0 Å². The van der Waals surface area contributed by atoms with Gasteiger partial charge in [0.15, 0.2) is 0 Å². The average molecular weight is 319 g/mol. The summed E-state index contributed by atoms with van der Waals surface area (Å²) in [6.07, 6.45) is 3.54. The van der Waals surface area contributed by atoms with Crippen molar-refractivity contribution in [2.24, 2.45) is 0 Å². The zero-order chi connectivity index (χ0) is 15.9. The normalized spacial score (nSPS) is 10.9. The number of aryl methyl sites for hydroxylation is 1. The van der Waals surface area contributed by atoms with Crippen LogP contribution in [0.1, 0.15) is 48.5 Å². The molecule has 2 aromatic heterocycles. The van der Waals surface area contributed by atoms with Crippen molar-refractivity contribution in [3.05, 3.63) is 41.4 Å². The lowest BCUT2D eigenvalue weighted by molar-refractivity contribution is 0.0931. The minimum Gasteiger partial charge on any atom is -0.361 e. The number of nitrogens with one attached hydrogen (secondary N) is 1. The first-order valence-corrected chi connectivity index (χ1v) is 8.43. The van der Waals surface area contributed by atoms with Crippen molar-refractivity contribution >= 4 is 17.7 Å². The fraction of sp³-hybridized carbons (Fsp3) is 0.438. The van der Waals surface area contributed by atoms with Gasteiger partial charge in [0.1, 0.15) is 10.8 Å². The van der Waals surface area contributed by atoms with Gasteiger partial charge in [0.05, 0.1) is 11.3 Å². The van der Waals surface area contributed by atoms with Crippen LogP contribution in [0.15, 0.2) is 33.9 Å². The maximum absolute atomic E-state index is 12.4. The Morgan fingerprint density at radius 2 is 2.18 bits per heavy atom. The monoisotopic (exact) mass is 319 g/mol. The molecule has 1 amide bonds. The van der Waals surface area contributed by atoms with Gasteiger partial charge in [0, 0.05) is 24.1 Å². The first-order valence-electron chi connectivity index (χ1n) is 7.44. The molecule has 0 aliphatic carbocycles. The molecule has 0 bridgehead atoms. The molecule has 0 unspecified atom stereocenters. The summed E-state index contributed by atoms with van der Waals surface area (Å²) < 4.78 is 5.05. The van der Waals surface area contributed by atoms with E-state index >= 15 is 0 Å². The van der Waals surface area contributed by atoms with Crippen LogP contribution in [0.4, 0.5) is 0 Å². The molecule has 2 heterocycles. The molecule has 22 heavy (non-hydrogen) atoms. The van der Waals surface area contributed by atoms with Crippen molar-refractivity contribution < 1.29 is 9.32 Å². The highest BCUT2D eigenvalue weighted by Gasteiger charge is 2.16. The number of nitrogens with zero attached hydrogens (tertiary/aromatic N) is 2. The maximum Gasteiger partial charge on any atom is 0.254 e. The van der Waals surface area contributed by atoms with Gasteiger partial charge in [-0.05, 0) is 31.9 Å². The van der Waals surface area contributed by atoms with Crippen LogP contribution in [0.3, 0.4) is 0 Å². The second-order valence-corrected chi connectivity index (χ2v) is 6.02. The highest BCUT2D eigenvalue weighted by atomic mass is 32.2. The van der Waals surface area contributed by atoms with Gasteiger partial charge >= 0.3 is 0 Å². The highest BCUT2D eigenvalue weighted by molar-refractivity contribution is 7.98. The van der Waals surface area contributed by atoms with Crippen molar-refractivity contribution in [2.45, 2.75) is 50.4 Å². The predicted molar refractivity (Wildman–Crippen MR) is 86.9 cm³/mol. The number of hydrogen-bond acceptors (Lipinski definition) is 5. The van der Waals surface area contributed by atoms with Crippen LogP contribution in [0.2, 0.25) is 0 Å². The van der Waals surface area contributed by atoms with Crippen molar-refractivity contribution in [3.8, 4) is 0 Å². The second-order valence-electron chi connectivity index (χ2n) is 5.06. The second kappa shape index (κ2) is 7.98. The van der Waals surface area contributed by atoms with E-state index in [1.165, 1.54) is 11.8 Å². The van der Waals surface area contributed by atoms with E-state index in [1.54, 1.807) is 18.3 Å². The van der Waals surface area contributed by atoms with Crippen LogP contribution in [0, 0.1) is 6.92 Å². The number of aromatic nitrogens is 2. The van der Waals surface area contributed by atoms with Gasteiger partial charge in [-0.3, -0.25) is 4.79 Å². The first-order chi connectivity index (χ1) is 10.6.